The van der Waals surface area contributed by atoms with Gasteiger partial charge in [0.2, 0.25) is 11.8 Å². The Morgan fingerprint density at radius 2 is 2.20 bits per heavy atom. The fraction of sp³-hybridized carbons (Fsp3) is 0.800. The second-order valence-corrected chi connectivity index (χ2v) is 4.01. The first kappa shape index (κ1) is 12.0. The highest BCUT2D eigenvalue weighted by Gasteiger charge is 2.32. The molecule has 0 aromatic rings. The van der Waals surface area contributed by atoms with E-state index in [1.165, 1.54) is 4.90 Å². The van der Waals surface area contributed by atoms with Gasteiger partial charge in [-0.3, -0.25) is 9.59 Å². The maximum Gasteiger partial charge on any atom is 0.249 e. The average molecular weight is 214 g/mol. The normalized spacial score (nSPS) is 21.0. The largest absolute Gasteiger partial charge is 0.369 e. The van der Waals surface area contributed by atoms with Gasteiger partial charge in [-0.2, -0.15) is 0 Å². The summed E-state index contributed by atoms with van der Waals surface area (Å²) >= 11 is 0. The van der Waals surface area contributed by atoms with Gasteiger partial charge in [0, 0.05) is 6.54 Å². The van der Waals surface area contributed by atoms with Gasteiger partial charge in [-0.1, -0.05) is 0 Å². The zero-order valence-electron chi connectivity index (χ0n) is 9.23. The third-order valence-electron chi connectivity index (χ3n) is 2.44. The standard InChI is InChI=1S/C10H18N2O3/c1-7(2)15-6-9(13)12-5-3-4-8(12)10(11)14/h7-8H,3-6H2,1-2H3,(H2,11,14). The van der Waals surface area contributed by atoms with Crippen LogP contribution in [0.1, 0.15) is 26.7 Å². The van der Waals surface area contributed by atoms with Gasteiger partial charge in [0.25, 0.3) is 0 Å². The monoisotopic (exact) mass is 214 g/mol. The molecule has 5 heteroatoms. The van der Waals surface area contributed by atoms with E-state index in [2.05, 4.69) is 0 Å². The van der Waals surface area contributed by atoms with Crippen LogP contribution in [-0.4, -0.2) is 42.0 Å². The molecule has 1 aliphatic rings. The molecule has 1 heterocycles. The highest BCUT2D eigenvalue weighted by molar-refractivity contribution is 5.87. The molecule has 1 fully saturated rings. The number of primary amides is 1. The topological polar surface area (TPSA) is 72.6 Å². The lowest BCUT2D eigenvalue weighted by atomic mass is 10.2. The Kier molecular flexibility index (Phi) is 4.08. The Balaban J connectivity index is 2.47. The predicted molar refractivity (Wildman–Crippen MR) is 55.0 cm³/mol. The zero-order chi connectivity index (χ0) is 11.4. The molecule has 0 bridgehead atoms. The Morgan fingerprint density at radius 3 is 2.73 bits per heavy atom. The second-order valence-electron chi connectivity index (χ2n) is 4.01. The summed E-state index contributed by atoms with van der Waals surface area (Å²) in [4.78, 5) is 24.2. The quantitative estimate of drug-likeness (QED) is 0.709. The molecule has 86 valence electrons. The molecule has 2 N–H and O–H groups in total. The summed E-state index contributed by atoms with van der Waals surface area (Å²) in [6.45, 7) is 4.36. The molecule has 5 nitrogen and oxygen atoms in total. The van der Waals surface area contributed by atoms with Crippen molar-refractivity contribution in [2.75, 3.05) is 13.2 Å². The van der Waals surface area contributed by atoms with Crippen molar-refractivity contribution in [3.8, 4) is 0 Å². The van der Waals surface area contributed by atoms with Gasteiger partial charge in [-0.05, 0) is 26.7 Å². The van der Waals surface area contributed by atoms with E-state index in [1.54, 1.807) is 0 Å². The van der Waals surface area contributed by atoms with Crippen LogP contribution < -0.4 is 5.73 Å². The van der Waals surface area contributed by atoms with Crippen molar-refractivity contribution in [3.05, 3.63) is 0 Å². The smallest absolute Gasteiger partial charge is 0.249 e. The van der Waals surface area contributed by atoms with Gasteiger partial charge in [0.15, 0.2) is 0 Å². The highest BCUT2D eigenvalue weighted by Crippen LogP contribution is 2.16. The molecule has 1 saturated heterocycles. The zero-order valence-corrected chi connectivity index (χ0v) is 9.23. The maximum absolute atomic E-state index is 11.7. The number of nitrogens with two attached hydrogens (primary N) is 1. The molecule has 0 saturated carbocycles. The Hall–Kier alpha value is -1.10. The van der Waals surface area contributed by atoms with Gasteiger partial charge in [-0.15, -0.1) is 0 Å². The number of amides is 2. The summed E-state index contributed by atoms with van der Waals surface area (Å²) in [6, 6.07) is -0.437. The lowest BCUT2D eigenvalue weighted by Crippen LogP contribution is -2.45. The van der Waals surface area contributed by atoms with E-state index in [-0.39, 0.29) is 18.6 Å². The lowest BCUT2D eigenvalue weighted by Gasteiger charge is -2.22. The molecule has 0 aliphatic carbocycles. The highest BCUT2D eigenvalue weighted by atomic mass is 16.5. The third kappa shape index (κ3) is 3.20. The Bertz CT molecular complexity index is 253. The number of carbonyl (C=O) groups excluding carboxylic acids is 2. The van der Waals surface area contributed by atoms with Gasteiger partial charge < -0.3 is 15.4 Å². The minimum atomic E-state index is -0.437. The summed E-state index contributed by atoms with van der Waals surface area (Å²) in [7, 11) is 0. The van der Waals surface area contributed by atoms with Crippen LogP contribution in [0.2, 0.25) is 0 Å². The van der Waals surface area contributed by atoms with Crippen LogP contribution in [0.4, 0.5) is 0 Å². The van der Waals surface area contributed by atoms with Crippen molar-refractivity contribution in [1.82, 2.24) is 4.90 Å². The molecule has 0 aromatic heterocycles. The summed E-state index contributed by atoms with van der Waals surface area (Å²) < 4.78 is 5.20. The molecule has 0 radical (unpaired) electrons. The van der Waals surface area contributed by atoms with Crippen molar-refractivity contribution in [2.24, 2.45) is 5.73 Å². The van der Waals surface area contributed by atoms with E-state index in [4.69, 9.17) is 10.5 Å². The van der Waals surface area contributed by atoms with Gasteiger partial charge >= 0.3 is 0 Å². The van der Waals surface area contributed by atoms with Gasteiger partial charge in [0.05, 0.1) is 6.10 Å². The Morgan fingerprint density at radius 1 is 1.53 bits per heavy atom. The van der Waals surface area contributed by atoms with Crippen LogP contribution in [0.3, 0.4) is 0 Å². The number of hydrogen-bond donors (Lipinski definition) is 1. The van der Waals surface area contributed by atoms with E-state index >= 15 is 0 Å². The molecule has 15 heavy (non-hydrogen) atoms. The molecule has 1 atom stereocenters. The van der Waals surface area contributed by atoms with Gasteiger partial charge in [-0.25, -0.2) is 0 Å². The number of hydrogen-bond acceptors (Lipinski definition) is 3. The molecular weight excluding hydrogens is 196 g/mol. The van der Waals surface area contributed by atoms with Gasteiger partial charge in [0.1, 0.15) is 12.6 Å². The molecular formula is C10H18N2O3. The van der Waals surface area contributed by atoms with Crippen molar-refractivity contribution in [3.63, 3.8) is 0 Å². The number of ether oxygens (including phenoxy) is 1. The molecule has 1 aliphatic heterocycles. The summed E-state index contributed by atoms with van der Waals surface area (Å²) in [5, 5.41) is 0. The van der Waals surface area contributed by atoms with Crippen LogP contribution in [0.25, 0.3) is 0 Å². The van der Waals surface area contributed by atoms with E-state index < -0.39 is 11.9 Å². The molecule has 0 spiro atoms. The van der Waals surface area contributed by atoms with Crippen molar-refractivity contribution in [1.29, 1.82) is 0 Å². The maximum atomic E-state index is 11.7. The summed E-state index contributed by atoms with van der Waals surface area (Å²) in [5.74, 6) is -0.574. The van der Waals surface area contributed by atoms with E-state index in [9.17, 15) is 9.59 Å². The van der Waals surface area contributed by atoms with Crippen molar-refractivity contribution >= 4 is 11.8 Å². The first-order valence-electron chi connectivity index (χ1n) is 5.22. The van der Waals surface area contributed by atoms with E-state index in [0.29, 0.717) is 13.0 Å². The fourth-order valence-corrected chi connectivity index (χ4v) is 1.68. The first-order chi connectivity index (χ1) is 7.02. The minimum Gasteiger partial charge on any atom is -0.369 e. The third-order valence-corrected chi connectivity index (χ3v) is 2.44. The lowest BCUT2D eigenvalue weighted by molar-refractivity contribution is -0.142. The molecule has 2 amide bonds. The van der Waals surface area contributed by atoms with Crippen LogP contribution in [0.5, 0.6) is 0 Å². The summed E-state index contributed by atoms with van der Waals surface area (Å²) in [6.07, 6.45) is 1.52. The van der Waals surface area contributed by atoms with Crippen molar-refractivity contribution < 1.29 is 14.3 Å². The van der Waals surface area contributed by atoms with Crippen LogP contribution in [-0.2, 0) is 14.3 Å². The number of nitrogens with zero attached hydrogens (tertiary/aromatic N) is 1. The average Bonchev–Trinajstić information content (AvgIpc) is 2.62. The minimum absolute atomic E-state index is 0.0172. The fourth-order valence-electron chi connectivity index (χ4n) is 1.68. The first-order valence-corrected chi connectivity index (χ1v) is 5.22. The van der Waals surface area contributed by atoms with Crippen LogP contribution in [0.15, 0.2) is 0 Å². The van der Waals surface area contributed by atoms with Crippen molar-refractivity contribution in [2.45, 2.75) is 38.8 Å². The van der Waals surface area contributed by atoms with E-state index in [1.807, 2.05) is 13.8 Å². The molecule has 0 aromatic carbocycles. The van der Waals surface area contributed by atoms with Crippen LogP contribution in [0, 0.1) is 0 Å². The SMILES string of the molecule is CC(C)OCC(=O)N1CCCC1C(N)=O. The second kappa shape index (κ2) is 5.11. The van der Waals surface area contributed by atoms with Crippen LogP contribution >= 0.6 is 0 Å². The number of likely N-dealkylation sites (tertiary alicyclic amines) is 1. The Labute approximate surface area is 89.6 Å². The molecule has 1 unspecified atom stereocenters. The number of carbonyl (C=O) groups is 2. The van der Waals surface area contributed by atoms with E-state index in [0.717, 1.165) is 6.42 Å². The predicted octanol–water partition coefficient (Wildman–Crippen LogP) is -0.112. The number of rotatable bonds is 4. The molecule has 1 rings (SSSR count). The summed E-state index contributed by atoms with van der Waals surface area (Å²) in [5.41, 5.74) is 5.21.